The van der Waals surface area contributed by atoms with Crippen molar-refractivity contribution in [1.82, 2.24) is 4.90 Å². The average molecular weight is 525 g/mol. The summed E-state index contributed by atoms with van der Waals surface area (Å²) in [6.45, 7) is 3.89. The molecule has 0 radical (unpaired) electrons. The fourth-order valence-corrected chi connectivity index (χ4v) is 5.74. The van der Waals surface area contributed by atoms with Crippen molar-refractivity contribution in [3.63, 3.8) is 0 Å². The summed E-state index contributed by atoms with van der Waals surface area (Å²) in [5.74, 6) is 0. The number of benzene rings is 3. The molecule has 0 amide bonds. The molecule has 2 fully saturated rings. The molecule has 0 saturated carbocycles. The lowest BCUT2D eigenvalue weighted by Crippen LogP contribution is -2.44. The summed E-state index contributed by atoms with van der Waals surface area (Å²) in [7, 11) is -3.72. The number of sulfonamides is 1. The highest BCUT2D eigenvalue weighted by Crippen LogP contribution is 2.38. The van der Waals surface area contributed by atoms with Crippen molar-refractivity contribution in [2.24, 2.45) is 0 Å². The van der Waals surface area contributed by atoms with Gasteiger partial charge in [0, 0.05) is 37.3 Å². The van der Waals surface area contributed by atoms with Crippen molar-refractivity contribution < 1.29 is 27.7 Å². The lowest BCUT2D eigenvalue weighted by molar-refractivity contribution is -0.253. The second-order valence-electron chi connectivity index (χ2n) is 9.31. The van der Waals surface area contributed by atoms with E-state index in [1.807, 2.05) is 30.3 Å². The molecule has 5 rings (SSSR count). The maximum atomic E-state index is 12.8. The first-order valence-corrected chi connectivity index (χ1v) is 14.0. The van der Waals surface area contributed by atoms with Crippen molar-refractivity contribution in [3.8, 4) is 0 Å². The first-order valence-electron chi connectivity index (χ1n) is 12.5. The molecule has 2 aliphatic heterocycles. The second-order valence-corrected chi connectivity index (χ2v) is 11.0. The van der Waals surface area contributed by atoms with Crippen LogP contribution in [0.3, 0.4) is 0 Å². The highest BCUT2D eigenvalue weighted by Gasteiger charge is 2.33. The van der Waals surface area contributed by atoms with E-state index >= 15 is 0 Å². The van der Waals surface area contributed by atoms with Crippen molar-refractivity contribution >= 4 is 15.7 Å². The van der Waals surface area contributed by atoms with Gasteiger partial charge in [-0.15, -0.1) is 0 Å². The molecule has 0 aromatic heterocycles. The van der Waals surface area contributed by atoms with Crippen LogP contribution in [-0.2, 0) is 30.8 Å². The molecule has 37 heavy (non-hydrogen) atoms. The molecule has 0 aliphatic carbocycles. The lowest BCUT2D eigenvalue weighted by atomic mass is 9.99. The summed E-state index contributed by atoms with van der Waals surface area (Å²) in [5.41, 5.74) is 3.03. The Balaban J connectivity index is 1.37. The molecule has 2 N–H and O–H groups in total. The summed E-state index contributed by atoms with van der Waals surface area (Å²) in [6, 6.07) is 23.2. The van der Waals surface area contributed by atoms with E-state index in [1.165, 1.54) is 0 Å². The summed E-state index contributed by atoms with van der Waals surface area (Å²) in [4.78, 5) is 2.54. The number of aliphatic hydroxyl groups is 1. The summed E-state index contributed by atoms with van der Waals surface area (Å²) in [6.07, 6.45) is -0.262. The lowest BCUT2D eigenvalue weighted by Gasteiger charge is -2.39. The van der Waals surface area contributed by atoms with Crippen LogP contribution in [-0.4, -0.2) is 57.4 Å². The minimum Gasteiger partial charge on any atom is -0.392 e. The quantitative estimate of drug-likeness (QED) is 0.462. The van der Waals surface area contributed by atoms with Gasteiger partial charge in [-0.3, -0.25) is 9.62 Å². The van der Waals surface area contributed by atoms with Gasteiger partial charge < -0.3 is 19.3 Å². The molecule has 0 spiro atoms. The number of hydrogen-bond acceptors (Lipinski definition) is 7. The number of nitrogens with zero attached hydrogens (tertiary/aromatic N) is 1. The van der Waals surface area contributed by atoms with Crippen LogP contribution >= 0.6 is 0 Å². The van der Waals surface area contributed by atoms with Crippen LogP contribution in [0.4, 0.5) is 5.69 Å². The third-order valence-electron chi connectivity index (χ3n) is 6.65. The van der Waals surface area contributed by atoms with Crippen LogP contribution < -0.4 is 4.72 Å². The molecule has 0 bridgehead atoms. The minimum atomic E-state index is -3.72. The standard InChI is InChI=1S/C28H32N2O6S/c31-20-21-9-11-22(12-10-21)27-18-25(19-30-13-15-34-16-14-30)35-28(36-27)23-5-4-6-24(17-23)29-37(32,33)26-7-2-1-3-8-26/h1-12,17,25,27-29,31H,13-16,18-20H2/t25-,27+,28+/m0/s1. The van der Waals surface area contributed by atoms with E-state index in [9.17, 15) is 13.5 Å². The number of nitrogens with one attached hydrogen (secondary N) is 1. The van der Waals surface area contributed by atoms with Crippen molar-refractivity contribution in [2.45, 2.75) is 36.4 Å². The Morgan fingerprint density at radius 2 is 1.65 bits per heavy atom. The third kappa shape index (κ3) is 6.56. The minimum absolute atomic E-state index is 0.0110. The van der Waals surface area contributed by atoms with E-state index in [-0.39, 0.29) is 23.7 Å². The molecule has 3 aromatic carbocycles. The van der Waals surface area contributed by atoms with Crippen molar-refractivity contribution in [2.75, 3.05) is 37.6 Å². The van der Waals surface area contributed by atoms with Crippen molar-refractivity contribution in [3.05, 3.63) is 95.6 Å². The van der Waals surface area contributed by atoms with Gasteiger partial charge in [0.2, 0.25) is 0 Å². The van der Waals surface area contributed by atoms with Gasteiger partial charge in [-0.1, -0.05) is 54.6 Å². The zero-order valence-electron chi connectivity index (χ0n) is 20.5. The summed E-state index contributed by atoms with van der Waals surface area (Å²) < 4.78 is 46.7. The molecular formula is C28H32N2O6S. The first kappa shape index (κ1) is 25.8. The van der Waals surface area contributed by atoms with Crippen LogP contribution in [0.15, 0.2) is 83.8 Å². The SMILES string of the molecule is O=S(=O)(Nc1cccc([C@@H]2O[C@H](CN3CCOCC3)C[C@H](c3ccc(CO)cc3)O2)c1)c1ccccc1. The number of anilines is 1. The number of ether oxygens (including phenoxy) is 3. The van der Waals surface area contributed by atoms with Gasteiger partial charge >= 0.3 is 0 Å². The van der Waals surface area contributed by atoms with E-state index < -0.39 is 16.3 Å². The molecule has 2 saturated heterocycles. The predicted molar refractivity (Wildman–Crippen MR) is 139 cm³/mol. The first-order chi connectivity index (χ1) is 18.0. The van der Waals surface area contributed by atoms with Crippen LogP contribution in [0.2, 0.25) is 0 Å². The maximum Gasteiger partial charge on any atom is 0.261 e. The zero-order chi connectivity index (χ0) is 25.7. The smallest absolute Gasteiger partial charge is 0.261 e. The fourth-order valence-electron chi connectivity index (χ4n) is 4.67. The third-order valence-corrected chi connectivity index (χ3v) is 8.04. The number of rotatable bonds is 8. The highest BCUT2D eigenvalue weighted by atomic mass is 32.2. The second kappa shape index (κ2) is 11.7. The Morgan fingerprint density at radius 1 is 0.892 bits per heavy atom. The maximum absolute atomic E-state index is 12.8. The Kier molecular flexibility index (Phi) is 8.19. The van der Waals surface area contributed by atoms with Gasteiger partial charge in [-0.05, 0) is 35.4 Å². The molecular weight excluding hydrogens is 492 g/mol. The van der Waals surface area contributed by atoms with Gasteiger partial charge in [-0.2, -0.15) is 0 Å². The van der Waals surface area contributed by atoms with E-state index in [0.717, 1.165) is 36.3 Å². The van der Waals surface area contributed by atoms with E-state index in [1.54, 1.807) is 48.5 Å². The Hall–Kier alpha value is -2.79. The van der Waals surface area contributed by atoms with Gasteiger partial charge in [0.05, 0.1) is 36.9 Å². The van der Waals surface area contributed by atoms with E-state index in [4.69, 9.17) is 14.2 Å². The Bertz CT molecular complexity index is 1260. The predicted octanol–water partition coefficient (Wildman–Crippen LogP) is 3.86. The highest BCUT2D eigenvalue weighted by molar-refractivity contribution is 7.92. The van der Waals surface area contributed by atoms with Crippen LogP contribution in [0, 0.1) is 0 Å². The average Bonchev–Trinajstić information content (AvgIpc) is 2.94. The topological polar surface area (TPSA) is 97.3 Å². The van der Waals surface area contributed by atoms with Gasteiger partial charge in [0.1, 0.15) is 0 Å². The van der Waals surface area contributed by atoms with E-state index in [2.05, 4.69) is 9.62 Å². The molecule has 3 aromatic rings. The fraction of sp³-hybridized carbons (Fsp3) is 0.357. The van der Waals surface area contributed by atoms with Crippen LogP contribution in [0.25, 0.3) is 0 Å². The van der Waals surface area contributed by atoms with Gasteiger partial charge in [-0.25, -0.2) is 8.42 Å². The summed E-state index contributed by atoms with van der Waals surface area (Å²) >= 11 is 0. The van der Waals surface area contributed by atoms with Gasteiger partial charge in [0.15, 0.2) is 6.29 Å². The van der Waals surface area contributed by atoms with Gasteiger partial charge in [0.25, 0.3) is 10.0 Å². The molecule has 2 aliphatic rings. The number of morpholine rings is 1. The molecule has 2 heterocycles. The zero-order valence-corrected chi connectivity index (χ0v) is 21.3. The molecule has 0 unspecified atom stereocenters. The normalized spacial score (nSPS) is 23.0. The van der Waals surface area contributed by atoms with Crippen LogP contribution in [0.1, 0.15) is 35.5 Å². The van der Waals surface area contributed by atoms with E-state index in [0.29, 0.717) is 25.3 Å². The van der Waals surface area contributed by atoms with Crippen molar-refractivity contribution in [1.29, 1.82) is 0 Å². The molecule has 196 valence electrons. The number of aliphatic hydroxyl groups excluding tert-OH is 1. The largest absolute Gasteiger partial charge is 0.392 e. The molecule has 8 nitrogen and oxygen atoms in total. The van der Waals surface area contributed by atoms with Crippen LogP contribution in [0.5, 0.6) is 0 Å². The number of hydrogen-bond donors (Lipinski definition) is 2. The molecule has 9 heteroatoms. The Morgan fingerprint density at radius 3 is 2.38 bits per heavy atom. The monoisotopic (exact) mass is 524 g/mol. The Labute approximate surface area is 217 Å². The summed E-state index contributed by atoms with van der Waals surface area (Å²) in [5, 5.41) is 9.42. The molecule has 3 atom stereocenters.